The van der Waals surface area contributed by atoms with Crippen LogP contribution in [-0.4, -0.2) is 30.4 Å². The molecule has 0 fully saturated rings. The Balaban J connectivity index is 1.91. The number of rotatable bonds is 7. The first-order valence-electron chi connectivity index (χ1n) is 8.35. The van der Waals surface area contributed by atoms with Gasteiger partial charge in [-0.05, 0) is 42.0 Å². The Hall–Kier alpha value is -2.38. The Morgan fingerprint density at radius 1 is 1.22 bits per heavy atom. The predicted molar refractivity (Wildman–Crippen MR) is 106 cm³/mol. The number of hydrogen-bond acceptors (Lipinski definition) is 5. The topological polar surface area (TPSA) is 84.5 Å². The molecule has 0 aliphatic carbocycles. The molecule has 2 N–H and O–H groups in total. The zero-order chi connectivity index (χ0) is 20.0. The van der Waals surface area contributed by atoms with E-state index in [1.54, 1.807) is 43.5 Å². The number of halogens is 1. The normalized spacial score (nSPS) is 11.7. The number of nitrogens with one attached hydrogen (secondary N) is 2. The molecule has 6 nitrogen and oxygen atoms in total. The summed E-state index contributed by atoms with van der Waals surface area (Å²) in [6.45, 7) is 4.98. The lowest BCUT2D eigenvalue weighted by atomic mass is 10.0. The van der Waals surface area contributed by atoms with E-state index in [0.29, 0.717) is 15.6 Å². The summed E-state index contributed by atoms with van der Waals surface area (Å²) in [7, 11) is 0. The average Bonchev–Trinajstić information content (AvgIpc) is 3.14. The number of benzene rings is 1. The van der Waals surface area contributed by atoms with Gasteiger partial charge >= 0.3 is 5.97 Å². The lowest BCUT2D eigenvalue weighted by molar-refractivity contribution is -0.150. The van der Waals surface area contributed by atoms with Crippen molar-refractivity contribution >= 4 is 46.4 Å². The molecule has 0 saturated carbocycles. The number of carbonyl (C=O) groups excluding carboxylic acids is 3. The molecule has 8 heteroatoms. The van der Waals surface area contributed by atoms with Gasteiger partial charge in [-0.3, -0.25) is 9.59 Å². The molecule has 0 unspecified atom stereocenters. The second-order valence-corrected chi connectivity index (χ2v) is 7.67. The standard InChI is InChI=1S/C19H21ClN2O4S/c1-11(2)17(22-18(24)15-5-4-8-27-15)19(25)26-10-16(23)21-14-7-6-12(3)9-13(14)20/h4-9,11,17H,10H2,1-3H3,(H,21,23)(H,22,24)/t17-/m0/s1. The summed E-state index contributed by atoms with van der Waals surface area (Å²) >= 11 is 7.34. The summed E-state index contributed by atoms with van der Waals surface area (Å²) < 4.78 is 5.08. The van der Waals surface area contributed by atoms with E-state index in [4.69, 9.17) is 16.3 Å². The summed E-state index contributed by atoms with van der Waals surface area (Å²) in [4.78, 5) is 37.0. The summed E-state index contributed by atoms with van der Waals surface area (Å²) in [6, 6.07) is 7.77. The molecule has 1 aromatic heterocycles. The van der Waals surface area contributed by atoms with E-state index in [1.165, 1.54) is 11.3 Å². The molecule has 0 radical (unpaired) electrons. The van der Waals surface area contributed by atoms with Crippen molar-refractivity contribution in [1.82, 2.24) is 5.32 Å². The number of amides is 2. The van der Waals surface area contributed by atoms with Crippen LogP contribution in [0.15, 0.2) is 35.7 Å². The minimum absolute atomic E-state index is 0.198. The van der Waals surface area contributed by atoms with Crippen LogP contribution in [0.25, 0.3) is 0 Å². The maximum absolute atomic E-state index is 12.3. The predicted octanol–water partition coefficient (Wildman–Crippen LogP) is 3.65. The van der Waals surface area contributed by atoms with E-state index in [2.05, 4.69) is 10.6 Å². The van der Waals surface area contributed by atoms with Crippen molar-refractivity contribution in [3.63, 3.8) is 0 Å². The molecule has 2 rings (SSSR count). The number of anilines is 1. The minimum Gasteiger partial charge on any atom is -0.454 e. The summed E-state index contributed by atoms with van der Waals surface area (Å²) in [5, 5.41) is 7.42. The Morgan fingerprint density at radius 3 is 2.56 bits per heavy atom. The van der Waals surface area contributed by atoms with E-state index in [1.807, 2.05) is 13.0 Å². The van der Waals surface area contributed by atoms with Gasteiger partial charge in [0.25, 0.3) is 11.8 Å². The fourth-order valence-electron chi connectivity index (χ4n) is 2.25. The van der Waals surface area contributed by atoms with Gasteiger partial charge in [-0.2, -0.15) is 0 Å². The van der Waals surface area contributed by atoms with Crippen LogP contribution in [0.3, 0.4) is 0 Å². The van der Waals surface area contributed by atoms with Gasteiger partial charge in [0.2, 0.25) is 0 Å². The Labute approximate surface area is 166 Å². The summed E-state index contributed by atoms with van der Waals surface area (Å²) in [5.74, 6) is -1.73. The third-order valence-corrected chi connectivity index (χ3v) is 4.88. The van der Waals surface area contributed by atoms with Crippen LogP contribution < -0.4 is 10.6 Å². The van der Waals surface area contributed by atoms with Crippen molar-refractivity contribution in [3.8, 4) is 0 Å². The molecule has 1 atom stereocenters. The Morgan fingerprint density at radius 2 is 1.96 bits per heavy atom. The fourth-order valence-corrected chi connectivity index (χ4v) is 3.16. The van der Waals surface area contributed by atoms with Gasteiger partial charge in [0.1, 0.15) is 6.04 Å². The summed E-state index contributed by atoms with van der Waals surface area (Å²) in [5.41, 5.74) is 1.40. The first-order valence-corrected chi connectivity index (χ1v) is 9.60. The van der Waals surface area contributed by atoms with E-state index < -0.39 is 24.5 Å². The van der Waals surface area contributed by atoms with Gasteiger partial charge in [0.05, 0.1) is 15.6 Å². The van der Waals surface area contributed by atoms with Crippen molar-refractivity contribution in [3.05, 3.63) is 51.2 Å². The largest absolute Gasteiger partial charge is 0.454 e. The molecule has 2 amide bonds. The number of esters is 1. The van der Waals surface area contributed by atoms with E-state index in [0.717, 1.165) is 5.56 Å². The lowest BCUT2D eigenvalue weighted by Gasteiger charge is -2.20. The highest BCUT2D eigenvalue weighted by molar-refractivity contribution is 7.12. The Kier molecular flexibility index (Phi) is 7.38. The van der Waals surface area contributed by atoms with Crippen LogP contribution in [0.4, 0.5) is 5.69 Å². The van der Waals surface area contributed by atoms with E-state index in [9.17, 15) is 14.4 Å². The quantitative estimate of drug-likeness (QED) is 0.685. The van der Waals surface area contributed by atoms with Crippen molar-refractivity contribution in [2.45, 2.75) is 26.8 Å². The highest BCUT2D eigenvalue weighted by Gasteiger charge is 2.27. The van der Waals surface area contributed by atoms with Crippen molar-refractivity contribution < 1.29 is 19.1 Å². The third kappa shape index (κ3) is 6.08. The monoisotopic (exact) mass is 408 g/mol. The van der Waals surface area contributed by atoms with Crippen LogP contribution in [0, 0.1) is 12.8 Å². The van der Waals surface area contributed by atoms with Crippen LogP contribution >= 0.6 is 22.9 Å². The van der Waals surface area contributed by atoms with Gasteiger partial charge in [-0.15, -0.1) is 11.3 Å². The smallest absolute Gasteiger partial charge is 0.329 e. The lowest BCUT2D eigenvalue weighted by Crippen LogP contribution is -2.45. The van der Waals surface area contributed by atoms with Gasteiger partial charge in [-0.25, -0.2) is 4.79 Å². The number of thiophene rings is 1. The van der Waals surface area contributed by atoms with Crippen molar-refractivity contribution in [2.24, 2.45) is 5.92 Å². The van der Waals surface area contributed by atoms with Gasteiger partial charge in [0.15, 0.2) is 6.61 Å². The van der Waals surface area contributed by atoms with Gasteiger partial charge < -0.3 is 15.4 Å². The van der Waals surface area contributed by atoms with Crippen LogP contribution in [0.2, 0.25) is 5.02 Å². The minimum atomic E-state index is -0.852. The molecule has 1 heterocycles. The number of aryl methyl sites for hydroxylation is 1. The second-order valence-electron chi connectivity index (χ2n) is 6.31. The number of carbonyl (C=O) groups is 3. The molecule has 27 heavy (non-hydrogen) atoms. The molecule has 0 saturated heterocycles. The highest BCUT2D eigenvalue weighted by atomic mass is 35.5. The molecule has 144 valence electrons. The molecule has 0 spiro atoms. The van der Waals surface area contributed by atoms with Crippen molar-refractivity contribution in [2.75, 3.05) is 11.9 Å². The zero-order valence-corrected chi connectivity index (χ0v) is 16.8. The molecule has 0 aliphatic rings. The molecule has 0 bridgehead atoms. The molecule has 2 aromatic rings. The SMILES string of the molecule is Cc1ccc(NC(=O)COC(=O)[C@@H](NC(=O)c2cccs2)C(C)C)c(Cl)c1. The first kappa shape index (κ1) is 20.9. The van der Waals surface area contributed by atoms with Gasteiger partial charge in [-0.1, -0.05) is 37.6 Å². The van der Waals surface area contributed by atoms with Crippen LogP contribution in [0.5, 0.6) is 0 Å². The average molecular weight is 409 g/mol. The van der Waals surface area contributed by atoms with E-state index >= 15 is 0 Å². The van der Waals surface area contributed by atoms with E-state index in [-0.39, 0.29) is 11.8 Å². The summed E-state index contributed by atoms with van der Waals surface area (Å²) in [6.07, 6.45) is 0. The first-order chi connectivity index (χ1) is 12.8. The molecule has 1 aromatic carbocycles. The van der Waals surface area contributed by atoms with Crippen LogP contribution in [0.1, 0.15) is 29.1 Å². The fraction of sp³-hybridized carbons (Fsp3) is 0.316. The van der Waals surface area contributed by atoms with Crippen LogP contribution in [-0.2, 0) is 14.3 Å². The zero-order valence-electron chi connectivity index (χ0n) is 15.2. The van der Waals surface area contributed by atoms with Crippen molar-refractivity contribution in [1.29, 1.82) is 0 Å². The molecule has 0 aliphatic heterocycles. The highest BCUT2D eigenvalue weighted by Crippen LogP contribution is 2.22. The maximum Gasteiger partial charge on any atom is 0.329 e. The Bertz CT molecular complexity index is 821. The number of hydrogen-bond donors (Lipinski definition) is 2. The number of ether oxygens (including phenoxy) is 1. The molecular formula is C19H21ClN2O4S. The maximum atomic E-state index is 12.3. The van der Waals surface area contributed by atoms with Gasteiger partial charge in [0, 0.05) is 0 Å². The third-order valence-electron chi connectivity index (χ3n) is 3.70. The molecular weight excluding hydrogens is 388 g/mol. The second kappa shape index (κ2) is 9.53.